The molecule has 1 amide bonds. The number of phosphoric ester groups is 2. The molecule has 0 bridgehead atoms. The Bertz CT molecular complexity index is 1630. The van der Waals surface area contributed by atoms with E-state index in [1.165, 1.54) is 40.0 Å². The van der Waals surface area contributed by atoms with E-state index in [-0.39, 0.29) is 22.5 Å². The quantitative estimate of drug-likeness (QED) is 0.0768. The van der Waals surface area contributed by atoms with Crippen LogP contribution in [0.4, 0.5) is 5.82 Å². The van der Waals surface area contributed by atoms with Crippen LogP contribution in [0.1, 0.15) is 22.8 Å². The largest absolute Gasteiger partial charge is 0.756 e. The van der Waals surface area contributed by atoms with Gasteiger partial charge in [0.25, 0.3) is 20.0 Å². The zero-order valence-corrected chi connectivity index (χ0v) is 24.0. The van der Waals surface area contributed by atoms with Crippen LogP contribution in [0.15, 0.2) is 37.2 Å². The summed E-state index contributed by atoms with van der Waals surface area (Å²) in [7, 11) is -11.0. The van der Waals surface area contributed by atoms with E-state index in [9.17, 15) is 44.1 Å². The average Bonchev–Trinajstić information content (AvgIpc) is 3.61. The number of nitrogens with two attached hydrogens (primary N) is 2. The fourth-order valence-electron chi connectivity index (χ4n) is 4.57. The summed E-state index contributed by atoms with van der Waals surface area (Å²) >= 11 is 0. The van der Waals surface area contributed by atoms with Crippen molar-refractivity contribution >= 4 is 38.5 Å². The number of nitrogen functional groups attached to an aromatic ring is 1. The van der Waals surface area contributed by atoms with E-state index in [2.05, 4.69) is 28.3 Å². The van der Waals surface area contributed by atoms with Gasteiger partial charge >= 0.3 is 7.82 Å². The monoisotopic (exact) mass is 663 g/mol. The molecule has 10 atom stereocenters. The SMILES string of the molecule is NC(=O)c1ccc[n+]([C@@H]2O[C@H](COP(=O)([O-])OP(=O)(O)OC[C@H]3O[C@@H](n4cnc5c(N)ncnc54)[C@@H](O)[C@H]3O)[C@H](O)[C@@H]2O)c1. The zero-order valence-electron chi connectivity index (χ0n) is 22.2. The summed E-state index contributed by atoms with van der Waals surface area (Å²) in [6.45, 7) is -1.89. The van der Waals surface area contributed by atoms with E-state index in [0.717, 1.165) is 6.33 Å². The molecule has 21 nitrogen and oxygen atoms in total. The predicted octanol–water partition coefficient (Wildman–Crippen LogP) is -3.65. The highest BCUT2D eigenvalue weighted by atomic mass is 31.3. The summed E-state index contributed by atoms with van der Waals surface area (Å²) in [5.74, 6) is -0.729. The van der Waals surface area contributed by atoms with Crippen LogP contribution in [0, 0.1) is 0 Å². The standard InChI is InChI=1S/C21H27N7O14P2/c22-17-12-19(25-7-24-17)28(8-26-12)21-16(32)14(30)11(41-21)6-39-44(36,37)42-43(34,35)38-5-10-13(29)15(31)20(40-10)27-3-1-2-9(4-27)18(23)33/h1-4,7-8,10-11,13-16,20-21,29-32H,5-6H2,(H5-,22,23,24,25,33,34,35,36,37)/t10-,11-,13+,14+,15+,16+,20-,21-/m1/s1. The van der Waals surface area contributed by atoms with Gasteiger partial charge in [0.1, 0.15) is 47.9 Å². The number of aromatic nitrogens is 5. The number of imidazole rings is 1. The van der Waals surface area contributed by atoms with E-state index < -0.39 is 83.8 Å². The molecule has 0 spiro atoms. The van der Waals surface area contributed by atoms with Gasteiger partial charge in [-0.25, -0.2) is 23.8 Å². The number of nitrogens with zero attached hydrogens (tertiary/aromatic N) is 5. The third kappa shape index (κ3) is 6.65. The summed E-state index contributed by atoms with van der Waals surface area (Å²) in [5.41, 5.74) is 11.4. The lowest BCUT2D eigenvalue weighted by Crippen LogP contribution is -2.46. The van der Waals surface area contributed by atoms with Crippen molar-refractivity contribution in [2.75, 3.05) is 18.9 Å². The summed E-state index contributed by atoms with van der Waals surface area (Å²) < 4.78 is 51.5. The molecule has 5 rings (SSSR count). The van der Waals surface area contributed by atoms with Crippen molar-refractivity contribution < 1.29 is 71.5 Å². The Kier molecular flexibility index (Phi) is 9.13. The van der Waals surface area contributed by atoms with Gasteiger partial charge in [0, 0.05) is 6.07 Å². The number of carbonyl (C=O) groups is 1. The highest BCUT2D eigenvalue weighted by Crippen LogP contribution is 2.58. The number of carbonyl (C=O) groups excluding carboxylic acids is 1. The van der Waals surface area contributed by atoms with Gasteiger partial charge in [-0.2, -0.15) is 4.57 Å². The van der Waals surface area contributed by atoms with Crippen LogP contribution in [0.3, 0.4) is 0 Å². The molecule has 3 aromatic heterocycles. The summed E-state index contributed by atoms with van der Waals surface area (Å²) in [6.07, 6.45) is -7.05. The lowest BCUT2D eigenvalue weighted by molar-refractivity contribution is -0.765. The predicted molar refractivity (Wildman–Crippen MR) is 137 cm³/mol. The smallest absolute Gasteiger partial charge is 0.478 e. The van der Waals surface area contributed by atoms with Crippen molar-refractivity contribution in [1.29, 1.82) is 0 Å². The maximum Gasteiger partial charge on any atom is 0.478 e. The molecule has 5 heterocycles. The second-order valence-electron chi connectivity index (χ2n) is 9.67. The van der Waals surface area contributed by atoms with E-state index >= 15 is 0 Å². The van der Waals surface area contributed by atoms with Gasteiger partial charge in [-0.05, 0) is 6.07 Å². The molecule has 3 aromatic rings. The summed E-state index contributed by atoms with van der Waals surface area (Å²) in [4.78, 5) is 45.5. The maximum atomic E-state index is 12.4. The first-order valence-corrected chi connectivity index (χ1v) is 15.5. The number of aliphatic hydroxyl groups is 4. The molecule has 2 saturated heterocycles. The second kappa shape index (κ2) is 12.4. The van der Waals surface area contributed by atoms with Crippen LogP contribution in [0.5, 0.6) is 0 Å². The van der Waals surface area contributed by atoms with Gasteiger partial charge in [0.05, 0.1) is 19.5 Å². The normalized spacial score (nSPS) is 31.6. The minimum Gasteiger partial charge on any atom is -0.756 e. The number of ether oxygens (including phenoxy) is 2. The number of rotatable bonds is 11. The molecule has 44 heavy (non-hydrogen) atoms. The summed E-state index contributed by atoms with van der Waals surface area (Å²) in [6, 6.07) is 2.82. The number of primary amides is 1. The molecule has 240 valence electrons. The van der Waals surface area contributed by atoms with E-state index in [1.54, 1.807) is 0 Å². The van der Waals surface area contributed by atoms with Crippen molar-refractivity contribution in [3.05, 3.63) is 42.7 Å². The van der Waals surface area contributed by atoms with Crippen molar-refractivity contribution in [3.8, 4) is 0 Å². The molecule has 0 radical (unpaired) electrons. The minimum atomic E-state index is -5.62. The van der Waals surface area contributed by atoms with E-state index in [0.29, 0.717) is 0 Å². The highest BCUT2D eigenvalue weighted by Gasteiger charge is 2.49. The molecule has 0 saturated carbocycles. The Morgan fingerprint density at radius 2 is 1.73 bits per heavy atom. The Morgan fingerprint density at radius 1 is 1.05 bits per heavy atom. The molecule has 0 aromatic carbocycles. The molecular weight excluding hydrogens is 636 g/mol. The fourth-order valence-corrected chi connectivity index (χ4v) is 6.62. The molecular formula is C21H27N7O14P2. The van der Waals surface area contributed by atoms with E-state index in [1.807, 2.05) is 0 Å². The first-order chi connectivity index (χ1) is 20.7. The first kappa shape index (κ1) is 32.4. The number of aliphatic hydroxyl groups excluding tert-OH is 4. The zero-order chi connectivity index (χ0) is 32.0. The van der Waals surface area contributed by atoms with Crippen molar-refractivity contribution in [3.63, 3.8) is 0 Å². The number of pyridine rings is 1. The first-order valence-electron chi connectivity index (χ1n) is 12.6. The number of fused-ring (bicyclic) bond motifs is 1. The van der Waals surface area contributed by atoms with Crippen molar-refractivity contribution in [2.45, 2.75) is 49.1 Å². The Labute approximate surface area is 246 Å². The summed E-state index contributed by atoms with van der Waals surface area (Å²) in [5, 5.41) is 41.6. The number of anilines is 1. The molecule has 23 heteroatoms. The number of amides is 1. The van der Waals surface area contributed by atoms with Gasteiger partial charge < -0.3 is 55.7 Å². The van der Waals surface area contributed by atoms with Gasteiger partial charge in [0.2, 0.25) is 0 Å². The second-order valence-corrected chi connectivity index (χ2v) is 12.7. The van der Waals surface area contributed by atoms with Crippen LogP contribution < -0.4 is 20.9 Å². The molecule has 2 unspecified atom stereocenters. The van der Waals surface area contributed by atoms with Gasteiger partial charge in [-0.15, -0.1) is 0 Å². The molecule has 0 aliphatic carbocycles. The lowest BCUT2D eigenvalue weighted by atomic mass is 10.1. The number of phosphoric acid groups is 2. The van der Waals surface area contributed by atoms with Crippen LogP contribution in [0.25, 0.3) is 11.2 Å². The number of hydrogen-bond donors (Lipinski definition) is 7. The van der Waals surface area contributed by atoms with Gasteiger partial charge in [0.15, 0.2) is 36.2 Å². The Balaban J connectivity index is 1.16. The topological polar surface area (TPSA) is 321 Å². The third-order valence-electron chi connectivity index (χ3n) is 6.74. The van der Waals surface area contributed by atoms with Crippen LogP contribution in [-0.2, 0) is 32.0 Å². The molecule has 2 aliphatic rings. The van der Waals surface area contributed by atoms with Gasteiger partial charge in [-0.3, -0.25) is 18.5 Å². The van der Waals surface area contributed by atoms with Crippen LogP contribution in [0.2, 0.25) is 0 Å². The Morgan fingerprint density at radius 3 is 2.45 bits per heavy atom. The minimum absolute atomic E-state index is 0.0446. The number of hydrogen-bond acceptors (Lipinski definition) is 17. The van der Waals surface area contributed by atoms with Crippen LogP contribution >= 0.6 is 15.6 Å². The molecule has 2 aliphatic heterocycles. The maximum absolute atomic E-state index is 12.4. The highest BCUT2D eigenvalue weighted by molar-refractivity contribution is 7.60. The van der Waals surface area contributed by atoms with E-state index in [4.69, 9.17) is 20.9 Å². The Hall–Kier alpha value is -3.01. The van der Waals surface area contributed by atoms with Gasteiger partial charge in [-0.1, -0.05) is 0 Å². The van der Waals surface area contributed by atoms with Crippen molar-refractivity contribution in [1.82, 2.24) is 19.5 Å². The average molecular weight is 663 g/mol. The molecule has 2 fully saturated rings. The lowest BCUT2D eigenvalue weighted by Gasteiger charge is -2.26. The fraction of sp³-hybridized carbons (Fsp3) is 0.476. The third-order valence-corrected chi connectivity index (χ3v) is 9.30. The van der Waals surface area contributed by atoms with Crippen LogP contribution in [-0.4, -0.2) is 101 Å². The molecule has 9 N–H and O–H groups in total. The van der Waals surface area contributed by atoms with Crippen molar-refractivity contribution in [2.24, 2.45) is 5.73 Å².